The van der Waals surface area contributed by atoms with Crippen LogP contribution in [0.15, 0.2) is 66.7 Å². The molecule has 0 aromatic heterocycles. The predicted octanol–water partition coefficient (Wildman–Crippen LogP) is 6.26. The van der Waals surface area contributed by atoms with E-state index in [-0.39, 0.29) is 42.3 Å². The van der Waals surface area contributed by atoms with Crippen molar-refractivity contribution < 1.29 is 31.9 Å². The van der Waals surface area contributed by atoms with Crippen LogP contribution in [-0.2, 0) is 17.5 Å². The first-order chi connectivity index (χ1) is 21.1. The summed E-state index contributed by atoms with van der Waals surface area (Å²) in [6, 6.07) is 14.9. The van der Waals surface area contributed by atoms with Gasteiger partial charge in [0.1, 0.15) is 5.82 Å². The van der Waals surface area contributed by atoms with Crippen molar-refractivity contribution in [3.8, 4) is 0 Å². The van der Waals surface area contributed by atoms with Gasteiger partial charge in [0.25, 0.3) is 5.91 Å². The average Bonchev–Trinajstić information content (AvgIpc) is 3.22. The number of carbonyl (C=O) groups is 3. The normalized spacial score (nSPS) is 15.6. The highest BCUT2D eigenvalue weighted by Gasteiger charge is 2.31. The molecule has 1 aliphatic carbocycles. The van der Waals surface area contributed by atoms with Crippen LogP contribution in [0.2, 0.25) is 0 Å². The molecular formula is C32H33F4N5O3. The summed E-state index contributed by atoms with van der Waals surface area (Å²) in [5.74, 6) is -0.883. The molecule has 0 unspecified atom stereocenters. The minimum absolute atomic E-state index is 0.0379. The zero-order valence-corrected chi connectivity index (χ0v) is 23.9. The lowest BCUT2D eigenvalue weighted by Crippen LogP contribution is -2.38. The monoisotopic (exact) mass is 611 g/mol. The number of hydrogen-bond acceptors (Lipinski definition) is 4. The van der Waals surface area contributed by atoms with Crippen LogP contribution >= 0.6 is 0 Å². The molecule has 5 rings (SSSR count). The van der Waals surface area contributed by atoms with Gasteiger partial charge >= 0.3 is 12.2 Å². The molecule has 3 aromatic rings. The van der Waals surface area contributed by atoms with Gasteiger partial charge in [0.05, 0.1) is 11.1 Å². The Bertz CT molecular complexity index is 1510. The van der Waals surface area contributed by atoms with Crippen molar-refractivity contribution in [2.75, 3.05) is 41.7 Å². The van der Waals surface area contributed by atoms with Crippen molar-refractivity contribution in [3.63, 3.8) is 0 Å². The summed E-state index contributed by atoms with van der Waals surface area (Å²) in [6.45, 7) is 1.67. The van der Waals surface area contributed by atoms with E-state index >= 15 is 0 Å². The van der Waals surface area contributed by atoms with Crippen LogP contribution in [-0.4, -0.2) is 48.9 Å². The fourth-order valence-electron chi connectivity index (χ4n) is 5.20. The van der Waals surface area contributed by atoms with Gasteiger partial charge in [-0.15, -0.1) is 0 Å². The maximum absolute atomic E-state index is 13.5. The molecule has 2 fully saturated rings. The van der Waals surface area contributed by atoms with Crippen molar-refractivity contribution >= 4 is 34.9 Å². The minimum atomic E-state index is -4.53. The van der Waals surface area contributed by atoms with Gasteiger partial charge in [0.2, 0.25) is 5.91 Å². The number of hydrogen-bond donors (Lipinski definition) is 3. The Morgan fingerprint density at radius 3 is 2.27 bits per heavy atom. The smallest absolute Gasteiger partial charge is 0.369 e. The molecule has 4 amide bonds. The van der Waals surface area contributed by atoms with E-state index in [2.05, 4.69) is 16.0 Å². The molecule has 1 saturated carbocycles. The Labute approximate surface area is 252 Å². The van der Waals surface area contributed by atoms with E-state index in [9.17, 15) is 31.9 Å². The number of nitrogens with zero attached hydrogens (tertiary/aromatic N) is 2. The van der Waals surface area contributed by atoms with Crippen molar-refractivity contribution in [2.45, 2.75) is 38.4 Å². The summed E-state index contributed by atoms with van der Waals surface area (Å²) in [7, 11) is 0. The minimum Gasteiger partial charge on any atom is -0.369 e. The van der Waals surface area contributed by atoms with Gasteiger partial charge in [-0.25, -0.2) is 9.18 Å². The highest BCUT2D eigenvalue weighted by molar-refractivity contribution is 6.02. The number of amides is 4. The second-order valence-corrected chi connectivity index (χ2v) is 11.0. The van der Waals surface area contributed by atoms with Crippen molar-refractivity contribution in [3.05, 3.63) is 89.2 Å². The van der Waals surface area contributed by atoms with Gasteiger partial charge < -0.3 is 25.8 Å². The molecule has 0 atom stereocenters. The molecule has 1 aliphatic heterocycles. The molecule has 1 saturated heterocycles. The third-order valence-corrected chi connectivity index (χ3v) is 7.92. The third kappa shape index (κ3) is 7.66. The number of rotatable bonds is 7. The molecule has 3 N–H and O–H groups in total. The molecule has 1 heterocycles. The fraction of sp³-hybridized carbons (Fsp3) is 0.344. The summed E-state index contributed by atoms with van der Waals surface area (Å²) in [5.41, 5.74) is 1.35. The van der Waals surface area contributed by atoms with E-state index in [1.807, 2.05) is 4.90 Å². The quantitative estimate of drug-likeness (QED) is 0.275. The number of nitrogens with one attached hydrogen (secondary N) is 3. The number of halogens is 4. The van der Waals surface area contributed by atoms with Crippen LogP contribution in [0.25, 0.3) is 0 Å². The first kappa shape index (κ1) is 30.8. The van der Waals surface area contributed by atoms with Gasteiger partial charge in [0, 0.05) is 55.7 Å². The highest BCUT2D eigenvalue weighted by Crippen LogP contribution is 2.32. The molecule has 0 radical (unpaired) electrons. The fourth-order valence-corrected chi connectivity index (χ4v) is 5.20. The summed E-state index contributed by atoms with van der Waals surface area (Å²) >= 11 is 0. The molecule has 0 bridgehead atoms. The number of urea groups is 1. The maximum Gasteiger partial charge on any atom is 0.416 e. The van der Waals surface area contributed by atoms with Crippen LogP contribution in [0.4, 0.5) is 39.4 Å². The molecular weight excluding hydrogens is 578 g/mol. The van der Waals surface area contributed by atoms with Crippen molar-refractivity contribution in [1.29, 1.82) is 0 Å². The summed E-state index contributed by atoms with van der Waals surface area (Å²) in [4.78, 5) is 42.5. The lowest BCUT2D eigenvalue weighted by atomic mass is 9.85. The topological polar surface area (TPSA) is 93.8 Å². The number of benzene rings is 3. The maximum atomic E-state index is 13.5. The third-order valence-electron chi connectivity index (χ3n) is 7.92. The van der Waals surface area contributed by atoms with Gasteiger partial charge in [-0.05, 0) is 73.4 Å². The first-order valence-corrected chi connectivity index (χ1v) is 14.5. The lowest BCUT2D eigenvalue weighted by Gasteiger charge is -2.27. The predicted molar refractivity (Wildman–Crippen MR) is 159 cm³/mol. The van der Waals surface area contributed by atoms with E-state index in [4.69, 9.17) is 0 Å². The molecule has 232 valence electrons. The SMILES string of the molecule is O=C(NCc1ccc(F)cc1)c1cc(NC(=O)C2CCC2)ccc1N1CCCN(C(=O)Nc2cccc(C(F)(F)F)c2)CC1. The number of alkyl halides is 3. The number of carbonyl (C=O) groups excluding carboxylic acids is 3. The van der Waals surface area contributed by atoms with Crippen molar-refractivity contribution in [1.82, 2.24) is 10.2 Å². The van der Waals surface area contributed by atoms with E-state index < -0.39 is 17.8 Å². The van der Waals surface area contributed by atoms with Crippen LogP contribution in [0, 0.1) is 11.7 Å². The van der Waals surface area contributed by atoms with E-state index in [0.717, 1.165) is 31.4 Å². The van der Waals surface area contributed by atoms with Gasteiger partial charge in [-0.3, -0.25) is 9.59 Å². The van der Waals surface area contributed by atoms with Gasteiger partial charge in [-0.2, -0.15) is 13.2 Å². The van der Waals surface area contributed by atoms with E-state index in [0.29, 0.717) is 48.6 Å². The Morgan fingerprint density at radius 2 is 1.57 bits per heavy atom. The van der Waals surface area contributed by atoms with E-state index in [1.165, 1.54) is 29.2 Å². The summed E-state index contributed by atoms with van der Waals surface area (Å²) < 4.78 is 52.6. The Kier molecular flexibility index (Phi) is 9.36. The Morgan fingerprint density at radius 1 is 0.818 bits per heavy atom. The zero-order chi connectivity index (χ0) is 31.3. The van der Waals surface area contributed by atoms with Crippen molar-refractivity contribution in [2.24, 2.45) is 5.92 Å². The Hall–Kier alpha value is -4.61. The zero-order valence-electron chi connectivity index (χ0n) is 23.9. The standard InChI is InChI=1S/C32H33F4N5O3/c33-24-10-8-21(9-11-24)20-37-30(43)27-19-26(38-29(42)22-4-1-5-22)12-13-28(27)40-14-3-15-41(17-16-40)31(44)39-25-7-2-6-23(18-25)32(34,35)36/h2,6-13,18-19,22H,1,3-5,14-17,20H2,(H,37,43)(H,38,42)(H,39,44). The molecule has 12 heteroatoms. The second kappa shape index (κ2) is 13.4. The molecule has 0 spiro atoms. The number of anilines is 3. The average molecular weight is 612 g/mol. The summed E-state index contributed by atoms with van der Waals surface area (Å²) in [6.07, 6.45) is -1.30. The largest absolute Gasteiger partial charge is 0.416 e. The van der Waals surface area contributed by atoms with Crippen LogP contribution in [0.1, 0.15) is 47.2 Å². The molecule has 2 aliphatic rings. The summed E-state index contributed by atoms with van der Waals surface area (Å²) in [5, 5.41) is 8.34. The Balaban J connectivity index is 1.30. The van der Waals surface area contributed by atoms with Crippen LogP contribution in [0.5, 0.6) is 0 Å². The van der Waals surface area contributed by atoms with Gasteiger partial charge in [0.15, 0.2) is 0 Å². The molecule has 8 nitrogen and oxygen atoms in total. The van der Waals surface area contributed by atoms with Crippen LogP contribution < -0.4 is 20.9 Å². The van der Waals surface area contributed by atoms with E-state index in [1.54, 1.807) is 30.3 Å². The van der Waals surface area contributed by atoms with Crippen LogP contribution in [0.3, 0.4) is 0 Å². The second-order valence-electron chi connectivity index (χ2n) is 11.0. The highest BCUT2D eigenvalue weighted by atomic mass is 19.4. The lowest BCUT2D eigenvalue weighted by molar-refractivity contribution is -0.137. The van der Waals surface area contributed by atoms with Gasteiger partial charge in [-0.1, -0.05) is 24.6 Å². The molecule has 44 heavy (non-hydrogen) atoms. The first-order valence-electron chi connectivity index (χ1n) is 14.5. The molecule has 3 aromatic carbocycles.